The van der Waals surface area contributed by atoms with Gasteiger partial charge in [-0.1, -0.05) is 25.4 Å². The summed E-state index contributed by atoms with van der Waals surface area (Å²) in [6, 6.07) is 4.59. The number of nitrogens with one attached hydrogen (secondary N) is 1. The second-order valence-corrected chi connectivity index (χ2v) is 5.06. The van der Waals surface area contributed by atoms with E-state index in [1.165, 1.54) is 12.1 Å². The van der Waals surface area contributed by atoms with Gasteiger partial charge in [0.05, 0.1) is 21.6 Å². The Hall–Kier alpha value is -1.39. The van der Waals surface area contributed by atoms with E-state index >= 15 is 0 Å². The highest BCUT2D eigenvalue weighted by atomic mass is 35.5. The van der Waals surface area contributed by atoms with Crippen molar-refractivity contribution in [3.05, 3.63) is 34.7 Å². The van der Waals surface area contributed by atoms with Gasteiger partial charge >= 0.3 is 0 Å². The minimum absolute atomic E-state index is 0.331. The Labute approximate surface area is 110 Å². The lowest BCUT2D eigenvalue weighted by Gasteiger charge is -2.12. The van der Waals surface area contributed by atoms with Crippen molar-refractivity contribution in [2.45, 2.75) is 20.3 Å². The molecule has 0 radical (unpaired) electrons. The number of pyridine rings is 1. The van der Waals surface area contributed by atoms with Gasteiger partial charge in [0, 0.05) is 5.69 Å². The molecule has 0 saturated carbocycles. The smallest absolute Gasteiger partial charge is 0.134 e. The molecule has 1 aromatic heterocycles. The number of fused-ring (bicyclic) bond motifs is 1. The van der Waals surface area contributed by atoms with Crippen LogP contribution in [0.1, 0.15) is 19.5 Å². The zero-order chi connectivity index (χ0) is 13.3. The monoisotopic (exact) mass is 267 g/mol. The Morgan fingerprint density at radius 1 is 1.44 bits per heavy atom. The summed E-state index contributed by atoms with van der Waals surface area (Å²) in [5.41, 5.74) is 4.32. The number of aromatic nitrogens is 1. The summed E-state index contributed by atoms with van der Waals surface area (Å²) in [6.45, 7) is 4.18. The molecular weight excluding hydrogens is 253 g/mol. The maximum Gasteiger partial charge on any atom is 0.134 e. The molecule has 0 aliphatic rings. The standard InChI is InChI=1S/C13H15ClFN3/c1-7(2)5-8-6-11(18-16)12-10(15)4-3-9(14)13(12)17-8/h3-4,6-7H,5,16H2,1-2H3,(H,17,18). The van der Waals surface area contributed by atoms with Crippen LogP contribution in [-0.2, 0) is 6.42 Å². The zero-order valence-electron chi connectivity index (χ0n) is 10.3. The maximum absolute atomic E-state index is 13.8. The van der Waals surface area contributed by atoms with Gasteiger partial charge in [-0.25, -0.2) is 4.39 Å². The van der Waals surface area contributed by atoms with E-state index in [1.54, 1.807) is 6.07 Å². The van der Waals surface area contributed by atoms with Crippen molar-refractivity contribution in [3.63, 3.8) is 0 Å². The Bertz CT molecular complexity index is 584. The van der Waals surface area contributed by atoms with Crippen LogP contribution in [0, 0.1) is 11.7 Å². The first-order valence-corrected chi connectivity index (χ1v) is 6.15. The Morgan fingerprint density at radius 3 is 2.78 bits per heavy atom. The minimum Gasteiger partial charge on any atom is -0.323 e. The SMILES string of the molecule is CC(C)Cc1cc(NN)c2c(F)ccc(Cl)c2n1. The third-order valence-corrected chi connectivity index (χ3v) is 2.99. The number of halogens is 2. The first kappa shape index (κ1) is 13.1. The molecule has 0 atom stereocenters. The Morgan fingerprint density at radius 2 is 2.17 bits per heavy atom. The van der Waals surface area contributed by atoms with Crippen LogP contribution in [0.3, 0.4) is 0 Å². The molecule has 0 amide bonds. The summed E-state index contributed by atoms with van der Waals surface area (Å²) in [6.07, 6.45) is 0.789. The van der Waals surface area contributed by atoms with E-state index < -0.39 is 0 Å². The van der Waals surface area contributed by atoms with E-state index in [9.17, 15) is 4.39 Å². The molecule has 0 spiro atoms. The van der Waals surface area contributed by atoms with E-state index in [1.807, 2.05) is 0 Å². The normalized spacial score (nSPS) is 11.2. The van der Waals surface area contributed by atoms with Crippen molar-refractivity contribution in [2.75, 3.05) is 5.43 Å². The number of hydrogen-bond donors (Lipinski definition) is 2. The van der Waals surface area contributed by atoms with E-state index in [0.717, 1.165) is 12.1 Å². The van der Waals surface area contributed by atoms with E-state index in [2.05, 4.69) is 24.3 Å². The van der Waals surface area contributed by atoms with Gasteiger partial charge in [-0.05, 0) is 30.5 Å². The molecule has 2 aromatic rings. The number of nitrogens with two attached hydrogens (primary N) is 1. The van der Waals surface area contributed by atoms with Crippen molar-refractivity contribution >= 4 is 28.2 Å². The van der Waals surface area contributed by atoms with E-state index in [4.69, 9.17) is 17.4 Å². The molecule has 0 saturated heterocycles. The van der Waals surface area contributed by atoms with Crippen molar-refractivity contribution in [1.82, 2.24) is 4.98 Å². The van der Waals surface area contributed by atoms with Gasteiger partial charge in [0.25, 0.3) is 0 Å². The van der Waals surface area contributed by atoms with Gasteiger partial charge in [0.2, 0.25) is 0 Å². The van der Waals surface area contributed by atoms with Gasteiger partial charge in [0.1, 0.15) is 5.82 Å². The molecule has 1 heterocycles. The molecule has 0 fully saturated rings. The lowest BCUT2D eigenvalue weighted by Crippen LogP contribution is -2.10. The van der Waals surface area contributed by atoms with Crippen molar-refractivity contribution in [2.24, 2.45) is 11.8 Å². The summed E-state index contributed by atoms with van der Waals surface area (Å²) < 4.78 is 13.8. The maximum atomic E-state index is 13.8. The molecule has 2 rings (SSSR count). The summed E-state index contributed by atoms with van der Waals surface area (Å²) in [5, 5.41) is 0.756. The molecule has 0 unspecified atom stereocenters. The molecule has 1 aromatic carbocycles. The lowest BCUT2D eigenvalue weighted by atomic mass is 10.1. The summed E-state index contributed by atoms with van der Waals surface area (Å²) in [4.78, 5) is 4.42. The fourth-order valence-corrected chi connectivity index (χ4v) is 2.16. The highest BCUT2D eigenvalue weighted by molar-refractivity contribution is 6.35. The molecule has 5 heteroatoms. The number of nitrogen functional groups attached to an aromatic ring is 1. The molecule has 18 heavy (non-hydrogen) atoms. The summed E-state index contributed by atoms with van der Waals surface area (Å²) >= 11 is 6.07. The number of rotatable bonds is 3. The van der Waals surface area contributed by atoms with Gasteiger partial charge in [-0.3, -0.25) is 10.8 Å². The summed E-state index contributed by atoms with van der Waals surface area (Å²) in [7, 11) is 0. The van der Waals surface area contributed by atoms with E-state index in [0.29, 0.717) is 27.5 Å². The number of benzene rings is 1. The molecule has 0 aliphatic carbocycles. The van der Waals surface area contributed by atoms with Crippen LogP contribution < -0.4 is 11.3 Å². The van der Waals surface area contributed by atoms with Crippen LogP contribution in [-0.4, -0.2) is 4.98 Å². The van der Waals surface area contributed by atoms with Crippen LogP contribution in [0.25, 0.3) is 10.9 Å². The average Bonchev–Trinajstić information content (AvgIpc) is 2.32. The van der Waals surface area contributed by atoms with Crippen molar-refractivity contribution < 1.29 is 4.39 Å². The van der Waals surface area contributed by atoms with Crippen LogP contribution in [0.15, 0.2) is 18.2 Å². The third-order valence-electron chi connectivity index (χ3n) is 2.69. The highest BCUT2D eigenvalue weighted by Crippen LogP contribution is 2.31. The molecule has 3 nitrogen and oxygen atoms in total. The second-order valence-electron chi connectivity index (χ2n) is 4.66. The average molecular weight is 268 g/mol. The third kappa shape index (κ3) is 2.40. The summed E-state index contributed by atoms with van der Waals surface area (Å²) in [5.74, 6) is 5.52. The molecule has 0 bridgehead atoms. The quantitative estimate of drug-likeness (QED) is 0.661. The molecular formula is C13H15ClFN3. The lowest BCUT2D eigenvalue weighted by molar-refractivity contribution is 0.633. The molecule has 96 valence electrons. The molecule has 0 aliphatic heterocycles. The first-order valence-electron chi connectivity index (χ1n) is 5.77. The second kappa shape index (κ2) is 5.08. The minimum atomic E-state index is -0.383. The Balaban J connectivity index is 2.71. The topological polar surface area (TPSA) is 50.9 Å². The fourth-order valence-electron chi connectivity index (χ4n) is 1.96. The van der Waals surface area contributed by atoms with Crippen LogP contribution in [0.2, 0.25) is 5.02 Å². The number of hydrazine groups is 1. The number of anilines is 1. The molecule has 3 N–H and O–H groups in total. The van der Waals surface area contributed by atoms with Crippen LogP contribution in [0.5, 0.6) is 0 Å². The largest absolute Gasteiger partial charge is 0.323 e. The van der Waals surface area contributed by atoms with Crippen LogP contribution in [0.4, 0.5) is 10.1 Å². The van der Waals surface area contributed by atoms with Gasteiger partial charge in [-0.15, -0.1) is 0 Å². The first-order chi connectivity index (χ1) is 8.52. The number of hydrogen-bond acceptors (Lipinski definition) is 3. The Kier molecular flexibility index (Phi) is 3.68. The van der Waals surface area contributed by atoms with Gasteiger partial charge < -0.3 is 5.43 Å². The fraction of sp³-hybridized carbons (Fsp3) is 0.308. The van der Waals surface area contributed by atoms with Crippen molar-refractivity contribution in [3.8, 4) is 0 Å². The predicted octanol–water partition coefficient (Wildman–Crippen LogP) is 3.51. The predicted molar refractivity (Wildman–Crippen MR) is 73.1 cm³/mol. The van der Waals surface area contributed by atoms with E-state index in [-0.39, 0.29) is 5.82 Å². The number of nitrogens with zero attached hydrogens (tertiary/aromatic N) is 1. The highest BCUT2D eigenvalue weighted by Gasteiger charge is 2.13. The van der Waals surface area contributed by atoms with Gasteiger partial charge in [-0.2, -0.15) is 0 Å². The van der Waals surface area contributed by atoms with Crippen LogP contribution >= 0.6 is 11.6 Å². The zero-order valence-corrected chi connectivity index (χ0v) is 11.1. The van der Waals surface area contributed by atoms with Gasteiger partial charge in [0.15, 0.2) is 0 Å². The van der Waals surface area contributed by atoms with Crippen molar-refractivity contribution in [1.29, 1.82) is 0 Å².